The maximum atomic E-state index is 5.80. The second kappa shape index (κ2) is 5.47. The molecule has 2 aliphatic rings. The monoisotopic (exact) mass is 278 g/mol. The summed E-state index contributed by atoms with van der Waals surface area (Å²) >= 11 is 1.87. The van der Waals surface area contributed by atoms with Crippen molar-refractivity contribution in [3.63, 3.8) is 0 Å². The summed E-state index contributed by atoms with van der Waals surface area (Å²) < 4.78 is 0. The molecule has 0 radical (unpaired) electrons. The Kier molecular flexibility index (Phi) is 3.88. The van der Waals surface area contributed by atoms with Crippen molar-refractivity contribution >= 4 is 11.8 Å². The fourth-order valence-corrected chi connectivity index (χ4v) is 4.18. The van der Waals surface area contributed by atoms with Gasteiger partial charge < -0.3 is 0 Å². The molecule has 1 aliphatic heterocycles. The van der Waals surface area contributed by atoms with Crippen molar-refractivity contribution in [3.05, 3.63) is 30.3 Å². The molecular formula is C16H22O2S. The van der Waals surface area contributed by atoms with Crippen LogP contribution in [0.5, 0.6) is 0 Å². The van der Waals surface area contributed by atoms with Crippen molar-refractivity contribution in [1.29, 1.82) is 0 Å². The molecule has 104 valence electrons. The molecule has 3 rings (SSSR count). The van der Waals surface area contributed by atoms with E-state index >= 15 is 0 Å². The van der Waals surface area contributed by atoms with E-state index in [1.54, 1.807) is 0 Å². The number of thioether (sulfide) groups is 1. The molecule has 1 aromatic carbocycles. The number of hydrogen-bond acceptors (Lipinski definition) is 3. The molecule has 19 heavy (non-hydrogen) atoms. The summed E-state index contributed by atoms with van der Waals surface area (Å²) in [7, 11) is 0. The summed E-state index contributed by atoms with van der Waals surface area (Å²) in [5, 5.41) is 0. The van der Waals surface area contributed by atoms with Crippen molar-refractivity contribution in [2.45, 2.75) is 49.7 Å². The van der Waals surface area contributed by atoms with Crippen LogP contribution in [0.4, 0.5) is 0 Å². The topological polar surface area (TPSA) is 18.5 Å². The van der Waals surface area contributed by atoms with E-state index in [-0.39, 0.29) is 5.60 Å². The predicted molar refractivity (Wildman–Crippen MR) is 78.0 cm³/mol. The van der Waals surface area contributed by atoms with Gasteiger partial charge in [0.25, 0.3) is 0 Å². The van der Waals surface area contributed by atoms with Gasteiger partial charge in [-0.05, 0) is 50.2 Å². The van der Waals surface area contributed by atoms with Crippen LogP contribution >= 0.6 is 11.8 Å². The first kappa shape index (κ1) is 13.5. The van der Waals surface area contributed by atoms with Crippen molar-refractivity contribution < 1.29 is 9.78 Å². The standard InChI is InChI=1S/C16H22O2S/c1-12-8-9-13-10-15(12)17-18-16(13,2)11-19-14-6-4-3-5-7-14/h3-7,12-13,15H,8-11H2,1-2H3/t12?,13-,15-,16+/m1/s1. The fourth-order valence-electron chi connectivity index (χ4n) is 3.09. The van der Waals surface area contributed by atoms with Gasteiger partial charge in [-0.3, -0.25) is 0 Å². The zero-order valence-corrected chi connectivity index (χ0v) is 12.5. The summed E-state index contributed by atoms with van der Waals surface area (Å²) in [5.74, 6) is 2.24. The van der Waals surface area contributed by atoms with Crippen LogP contribution in [0.25, 0.3) is 0 Å². The average molecular weight is 278 g/mol. The van der Waals surface area contributed by atoms with Gasteiger partial charge in [-0.15, -0.1) is 11.8 Å². The van der Waals surface area contributed by atoms with E-state index in [9.17, 15) is 0 Å². The van der Waals surface area contributed by atoms with Gasteiger partial charge in [0.15, 0.2) is 0 Å². The Hall–Kier alpha value is -0.510. The van der Waals surface area contributed by atoms with Gasteiger partial charge >= 0.3 is 0 Å². The van der Waals surface area contributed by atoms with Gasteiger partial charge in [0.1, 0.15) is 5.60 Å². The minimum atomic E-state index is -0.142. The van der Waals surface area contributed by atoms with Crippen molar-refractivity contribution in [2.24, 2.45) is 11.8 Å². The maximum Gasteiger partial charge on any atom is 0.113 e. The van der Waals surface area contributed by atoms with Crippen LogP contribution in [0.1, 0.15) is 33.1 Å². The van der Waals surface area contributed by atoms with E-state index in [2.05, 4.69) is 44.2 Å². The Morgan fingerprint density at radius 3 is 2.84 bits per heavy atom. The van der Waals surface area contributed by atoms with Crippen LogP contribution in [0.15, 0.2) is 35.2 Å². The Morgan fingerprint density at radius 1 is 1.26 bits per heavy atom. The number of fused-ring (bicyclic) bond motifs is 2. The van der Waals surface area contributed by atoms with Gasteiger partial charge in [-0.1, -0.05) is 25.1 Å². The highest BCUT2D eigenvalue weighted by Crippen LogP contribution is 2.45. The Balaban J connectivity index is 1.64. The van der Waals surface area contributed by atoms with Crippen molar-refractivity contribution in [2.75, 3.05) is 5.75 Å². The molecule has 0 spiro atoms. The minimum absolute atomic E-state index is 0.142. The molecular weight excluding hydrogens is 256 g/mol. The first-order chi connectivity index (χ1) is 9.17. The van der Waals surface area contributed by atoms with Crippen LogP contribution < -0.4 is 0 Å². The molecule has 1 aliphatic carbocycles. The van der Waals surface area contributed by atoms with E-state index in [1.807, 2.05) is 11.8 Å². The van der Waals surface area contributed by atoms with E-state index in [4.69, 9.17) is 9.78 Å². The smallest absolute Gasteiger partial charge is 0.113 e. The molecule has 2 bridgehead atoms. The largest absolute Gasteiger partial charge is 0.233 e. The summed E-state index contributed by atoms with van der Waals surface area (Å²) in [4.78, 5) is 12.8. The average Bonchev–Trinajstić information content (AvgIpc) is 2.45. The van der Waals surface area contributed by atoms with Gasteiger partial charge in [0.05, 0.1) is 6.10 Å². The molecule has 1 saturated carbocycles. The summed E-state index contributed by atoms with van der Waals surface area (Å²) in [6, 6.07) is 10.5. The molecule has 0 aromatic heterocycles. The van der Waals surface area contributed by atoms with E-state index in [0.717, 1.165) is 12.2 Å². The van der Waals surface area contributed by atoms with Crippen LogP contribution in [0.2, 0.25) is 0 Å². The van der Waals surface area contributed by atoms with Gasteiger partial charge in [-0.2, -0.15) is 0 Å². The van der Waals surface area contributed by atoms with Crippen LogP contribution in [-0.2, 0) is 9.78 Å². The second-order valence-electron chi connectivity index (χ2n) is 6.12. The van der Waals surface area contributed by atoms with E-state index in [0.29, 0.717) is 17.9 Å². The zero-order chi connectivity index (χ0) is 13.3. The quantitative estimate of drug-likeness (QED) is 0.606. The van der Waals surface area contributed by atoms with Crippen LogP contribution in [0, 0.1) is 11.8 Å². The van der Waals surface area contributed by atoms with E-state index in [1.165, 1.54) is 17.7 Å². The third-order valence-electron chi connectivity index (χ3n) is 4.62. The van der Waals surface area contributed by atoms with Gasteiger partial charge in [0, 0.05) is 10.6 Å². The number of rotatable bonds is 3. The lowest BCUT2D eigenvalue weighted by Crippen LogP contribution is -2.51. The lowest BCUT2D eigenvalue weighted by molar-refractivity contribution is -0.427. The second-order valence-corrected chi connectivity index (χ2v) is 7.17. The van der Waals surface area contributed by atoms with Gasteiger partial charge in [0.2, 0.25) is 0 Å². The molecule has 3 heteroatoms. The third kappa shape index (κ3) is 2.83. The predicted octanol–water partition coefficient (Wildman–Crippen LogP) is 4.30. The van der Waals surface area contributed by atoms with Crippen molar-refractivity contribution in [1.82, 2.24) is 0 Å². The minimum Gasteiger partial charge on any atom is -0.233 e. The highest BCUT2D eigenvalue weighted by Gasteiger charge is 2.46. The number of hydrogen-bond donors (Lipinski definition) is 0. The SMILES string of the molecule is CC1CC[C@@H]2C[C@H]1OO[C@@]2(C)CSc1ccccc1. The first-order valence-corrected chi connectivity index (χ1v) is 8.18. The molecule has 1 saturated heterocycles. The van der Waals surface area contributed by atoms with E-state index < -0.39 is 0 Å². The Labute approximate surface area is 119 Å². The maximum absolute atomic E-state index is 5.80. The zero-order valence-electron chi connectivity index (χ0n) is 11.7. The van der Waals surface area contributed by atoms with Crippen LogP contribution in [-0.4, -0.2) is 17.5 Å². The molecule has 4 atom stereocenters. The van der Waals surface area contributed by atoms with Crippen LogP contribution in [0.3, 0.4) is 0 Å². The highest BCUT2D eigenvalue weighted by atomic mass is 32.2. The number of benzene rings is 1. The van der Waals surface area contributed by atoms with Crippen molar-refractivity contribution in [3.8, 4) is 0 Å². The Morgan fingerprint density at radius 2 is 2.05 bits per heavy atom. The highest BCUT2D eigenvalue weighted by molar-refractivity contribution is 7.99. The first-order valence-electron chi connectivity index (χ1n) is 7.20. The molecule has 1 aromatic rings. The Bertz CT molecular complexity index is 422. The molecule has 1 unspecified atom stereocenters. The summed E-state index contributed by atoms with van der Waals surface area (Å²) in [6.45, 7) is 4.48. The fraction of sp³-hybridized carbons (Fsp3) is 0.625. The summed E-state index contributed by atoms with van der Waals surface area (Å²) in [5.41, 5.74) is -0.142. The lowest BCUT2D eigenvalue weighted by Gasteiger charge is -2.47. The molecule has 2 fully saturated rings. The lowest BCUT2D eigenvalue weighted by atomic mass is 9.73. The summed E-state index contributed by atoms with van der Waals surface area (Å²) in [6.07, 6.45) is 4.01. The molecule has 1 heterocycles. The third-order valence-corrected chi connectivity index (χ3v) is 5.94. The molecule has 2 nitrogen and oxygen atoms in total. The molecule has 0 amide bonds. The normalized spacial score (nSPS) is 38.1. The van der Waals surface area contributed by atoms with Gasteiger partial charge in [-0.25, -0.2) is 9.78 Å². The molecule has 0 N–H and O–H groups in total.